The minimum Gasteiger partial charge on any atom is -0.388 e. The molecule has 1 aromatic carbocycles. The first-order chi connectivity index (χ1) is 18.3. The lowest BCUT2D eigenvalue weighted by Crippen LogP contribution is -2.51. The standard InChI is InChI=1S/C15H23F3N4O2S.C9H7F3N2/c16-15(17,18)13(19)25-14(20)22-8-6-21(7-9-22)12(23)10-24-11-4-2-1-3-5-11;1-14-7-3-2-6(5-13)8(4-7)9(10,11)12/h11,19-20H,1-10H2;2-4,14H,1H3. The third-order valence-corrected chi connectivity index (χ3v) is 6.99. The summed E-state index contributed by atoms with van der Waals surface area (Å²) in [5.41, 5.74) is -0.945. The Morgan fingerprint density at radius 2 is 1.67 bits per heavy atom. The molecule has 216 valence electrons. The first kappa shape index (κ1) is 32.2. The molecule has 1 saturated heterocycles. The number of thioether (sulfide) groups is 1. The summed E-state index contributed by atoms with van der Waals surface area (Å²) in [6.07, 6.45) is -3.62. The molecule has 15 heteroatoms. The van der Waals surface area contributed by atoms with Crippen LogP contribution < -0.4 is 5.32 Å². The van der Waals surface area contributed by atoms with Crippen molar-refractivity contribution < 1.29 is 35.9 Å². The van der Waals surface area contributed by atoms with Gasteiger partial charge in [0.15, 0.2) is 10.2 Å². The van der Waals surface area contributed by atoms with E-state index in [0.717, 1.165) is 37.8 Å². The van der Waals surface area contributed by atoms with Gasteiger partial charge in [0, 0.05) is 38.9 Å². The highest BCUT2D eigenvalue weighted by Crippen LogP contribution is 2.33. The molecule has 1 aliphatic carbocycles. The third-order valence-electron chi connectivity index (χ3n) is 6.10. The number of ether oxygens (including phenoxy) is 1. The van der Waals surface area contributed by atoms with E-state index in [1.165, 1.54) is 30.5 Å². The zero-order valence-corrected chi connectivity index (χ0v) is 22.0. The number of hydrogen-bond acceptors (Lipinski definition) is 7. The summed E-state index contributed by atoms with van der Waals surface area (Å²) in [4.78, 5) is 15.2. The molecular formula is C24H30F6N6O2S. The van der Waals surface area contributed by atoms with Crippen molar-refractivity contribution in [1.82, 2.24) is 9.80 Å². The fraction of sp³-hybridized carbons (Fsp3) is 0.583. The van der Waals surface area contributed by atoms with E-state index in [-0.39, 0.29) is 54.2 Å². The van der Waals surface area contributed by atoms with Crippen LogP contribution in [-0.2, 0) is 15.7 Å². The maximum atomic E-state index is 12.4. The number of benzene rings is 1. The molecule has 0 bridgehead atoms. The number of rotatable bonds is 4. The van der Waals surface area contributed by atoms with Gasteiger partial charge in [-0.3, -0.25) is 15.6 Å². The van der Waals surface area contributed by atoms with Crippen LogP contribution in [0.5, 0.6) is 0 Å². The molecule has 0 aromatic heterocycles. The lowest BCUT2D eigenvalue weighted by Gasteiger charge is -2.36. The monoisotopic (exact) mass is 580 g/mol. The Hall–Kier alpha value is -2.99. The molecule has 3 N–H and O–H groups in total. The van der Waals surface area contributed by atoms with E-state index < -0.39 is 23.0 Å². The smallest absolute Gasteiger partial charge is 0.388 e. The van der Waals surface area contributed by atoms with Crippen LogP contribution in [0, 0.1) is 22.1 Å². The second-order valence-electron chi connectivity index (χ2n) is 8.79. The van der Waals surface area contributed by atoms with E-state index in [9.17, 15) is 31.1 Å². The molecule has 1 amide bonds. The van der Waals surface area contributed by atoms with E-state index in [4.69, 9.17) is 20.8 Å². The molecule has 0 atom stereocenters. The van der Waals surface area contributed by atoms with E-state index in [2.05, 4.69) is 5.32 Å². The third kappa shape index (κ3) is 10.2. The van der Waals surface area contributed by atoms with E-state index >= 15 is 0 Å². The number of anilines is 1. The molecule has 1 aliphatic heterocycles. The van der Waals surface area contributed by atoms with Crippen LogP contribution in [0.4, 0.5) is 32.0 Å². The molecule has 1 heterocycles. The van der Waals surface area contributed by atoms with Gasteiger partial charge in [0.25, 0.3) is 0 Å². The molecule has 2 aliphatic rings. The average molecular weight is 581 g/mol. The number of nitriles is 1. The Balaban J connectivity index is 0.000000322. The lowest BCUT2D eigenvalue weighted by molar-refractivity contribution is -0.140. The van der Waals surface area contributed by atoms with Crippen LogP contribution in [0.1, 0.15) is 43.2 Å². The van der Waals surface area contributed by atoms with Crippen molar-refractivity contribution >= 4 is 33.6 Å². The average Bonchev–Trinajstić information content (AvgIpc) is 2.91. The van der Waals surface area contributed by atoms with E-state index in [1.807, 2.05) is 0 Å². The predicted octanol–water partition coefficient (Wildman–Crippen LogP) is 5.31. The zero-order valence-electron chi connectivity index (χ0n) is 21.2. The van der Waals surface area contributed by atoms with Gasteiger partial charge in [0.05, 0.1) is 23.3 Å². The van der Waals surface area contributed by atoms with Gasteiger partial charge in [0.1, 0.15) is 6.61 Å². The Kier molecular flexibility index (Phi) is 11.9. The van der Waals surface area contributed by atoms with Crippen LogP contribution in [0.25, 0.3) is 0 Å². The number of amidine groups is 1. The van der Waals surface area contributed by atoms with Crippen molar-refractivity contribution in [3.05, 3.63) is 29.3 Å². The number of halogens is 6. The maximum absolute atomic E-state index is 12.4. The molecule has 2 fully saturated rings. The molecule has 0 spiro atoms. The van der Waals surface area contributed by atoms with E-state index in [1.54, 1.807) is 4.90 Å². The summed E-state index contributed by atoms with van der Waals surface area (Å²) in [6.45, 7) is 1.29. The summed E-state index contributed by atoms with van der Waals surface area (Å²) in [5, 5.41) is 23.9. The van der Waals surface area contributed by atoms with Crippen LogP contribution in [0.3, 0.4) is 0 Å². The van der Waals surface area contributed by atoms with Gasteiger partial charge in [-0.05, 0) is 42.8 Å². The number of nitrogens with zero attached hydrogens (tertiary/aromatic N) is 3. The first-order valence-corrected chi connectivity index (χ1v) is 12.9. The second kappa shape index (κ2) is 14.4. The fourth-order valence-electron chi connectivity index (χ4n) is 3.92. The Morgan fingerprint density at radius 1 is 1.08 bits per heavy atom. The van der Waals surface area contributed by atoms with Crippen LogP contribution in [-0.4, -0.2) is 78.0 Å². The lowest BCUT2D eigenvalue weighted by atomic mass is 9.98. The second-order valence-corrected chi connectivity index (χ2v) is 9.79. The molecule has 3 rings (SSSR count). The van der Waals surface area contributed by atoms with Crippen LogP contribution in [0.2, 0.25) is 0 Å². The van der Waals surface area contributed by atoms with Gasteiger partial charge in [-0.2, -0.15) is 31.6 Å². The van der Waals surface area contributed by atoms with Gasteiger partial charge >= 0.3 is 12.4 Å². The molecule has 39 heavy (non-hydrogen) atoms. The van der Waals surface area contributed by atoms with Crippen molar-refractivity contribution in [3.8, 4) is 6.07 Å². The van der Waals surface area contributed by atoms with Gasteiger partial charge in [-0.15, -0.1) is 0 Å². The quantitative estimate of drug-likeness (QED) is 0.253. The van der Waals surface area contributed by atoms with Gasteiger partial charge < -0.3 is 19.9 Å². The molecule has 8 nitrogen and oxygen atoms in total. The molecule has 0 unspecified atom stereocenters. The summed E-state index contributed by atoms with van der Waals surface area (Å²) < 4.78 is 79.8. The van der Waals surface area contributed by atoms with Crippen molar-refractivity contribution in [3.63, 3.8) is 0 Å². The minimum absolute atomic E-state index is 0.0373. The van der Waals surface area contributed by atoms with Crippen LogP contribution in [0.15, 0.2) is 18.2 Å². The highest BCUT2D eigenvalue weighted by molar-refractivity contribution is 8.26. The van der Waals surface area contributed by atoms with Crippen molar-refractivity contribution in [2.24, 2.45) is 0 Å². The van der Waals surface area contributed by atoms with Gasteiger partial charge in [-0.25, -0.2) is 0 Å². The first-order valence-electron chi connectivity index (χ1n) is 12.1. The summed E-state index contributed by atoms with van der Waals surface area (Å²) in [5.74, 6) is -0.118. The maximum Gasteiger partial charge on any atom is 0.439 e. The van der Waals surface area contributed by atoms with Crippen molar-refractivity contribution in [1.29, 1.82) is 16.1 Å². The highest BCUT2D eigenvalue weighted by atomic mass is 32.2. The number of carbonyl (C=O) groups is 1. The van der Waals surface area contributed by atoms with E-state index in [0.29, 0.717) is 18.8 Å². The number of nitrogens with one attached hydrogen (secondary N) is 3. The number of amides is 1. The fourth-order valence-corrected chi connectivity index (χ4v) is 4.54. The summed E-state index contributed by atoms with van der Waals surface area (Å²) in [7, 11) is 1.52. The predicted molar refractivity (Wildman–Crippen MR) is 136 cm³/mol. The van der Waals surface area contributed by atoms with Gasteiger partial charge in [-0.1, -0.05) is 19.3 Å². The Bertz CT molecular complexity index is 1050. The number of hydrogen-bond donors (Lipinski definition) is 3. The number of alkyl halides is 6. The highest BCUT2D eigenvalue weighted by Gasteiger charge is 2.37. The van der Waals surface area contributed by atoms with Crippen molar-refractivity contribution in [2.75, 3.05) is 45.2 Å². The summed E-state index contributed by atoms with van der Waals surface area (Å²) >= 11 is 0.0911. The largest absolute Gasteiger partial charge is 0.439 e. The Labute approximate surface area is 226 Å². The number of piperazine rings is 1. The zero-order chi connectivity index (χ0) is 29.2. The summed E-state index contributed by atoms with van der Waals surface area (Å²) in [6, 6.07) is 4.99. The van der Waals surface area contributed by atoms with Crippen LogP contribution >= 0.6 is 11.8 Å². The minimum atomic E-state index is -4.73. The molecule has 1 saturated carbocycles. The molecule has 0 radical (unpaired) electrons. The normalized spacial score (nSPS) is 16.6. The van der Waals surface area contributed by atoms with Gasteiger partial charge in [0.2, 0.25) is 5.91 Å². The molecular weight excluding hydrogens is 550 g/mol. The SMILES string of the molecule is CNc1ccc(C#N)c(C(F)(F)F)c1.N=C(SC(=N)C(F)(F)F)N1CCN(C(=O)COC2CCCCC2)CC1. The Morgan fingerprint density at radius 3 is 2.18 bits per heavy atom. The topological polar surface area (TPSA) is 116 Å². The molecule has 1 aromatic rings. The van der Waals surface area contributed by atoms with Crippen molar-refractivity contribution in [2.45, 2.75) is 50.6 Å². The number of carbonyl (C=O) groups excluding carboxylic acids is 1.